The fourth-order valence-corrected chi connectivity index (χ4v) is 2.77. The number of nitrogens with two attached hydrogens (primary N) is 1. The predicted molar refractivity (Wildman–Crippen MR) is 82.9 cm³/mol. The summed E-state index contributed by atoms with van der Waals surface area (Å²) in [6.07, 6.45) is 0.973. The molecule has 1 aliphatic rings. The van der Waals surface area contributed by atoms with Crippen LogP contribution in [0.15, 0.2) is 18.2 Å². The smallest absolute Gasteiger partial charge is 0.0370 e. The molecule has 0 aromatic heterocycles. The highest BCUT2D eigenvalue weighted by Crippen LogP contribution is 2.26. The van der Waals surface area contributed by atoms with Gasteiger partial charge in [-0.25, -0.2) is 0 Å². The first-order valence-electron chi connectivity index (χ1n) is 7.20. The average molecular weight is 261 g/mol. The Balaban J connectivity index is 2.16. The summed E-state index contributed by atoms with van der Waals surface area (Å²) in [5.74, 6) is 0. The molecule has 0 radical (unpaired) electrons. The number of anilines is 1. The van der Waals surface area contributed by atoms with E-state index < -0.39 is 0 Å². The Morgan fingerprint density at radius 2 is 2.00 bits per heavy atom. The lowest BCUT2D eigenvalue weighted by atomic mass is 9.98. The number of benzene rings is 1. The van der Waals surface area contributed by atoms with Gasteiger partial charge < -0.3 is 10.6 Å². The van der Waals surface area contributed by atoms with Crippen LogP contribution in [0.1, 0.15) is 25.0 Å². The van der Waals surface area contributed by atoms with Crippen LogP contribution in [0.25, 0.3) is 0 Å². The van der Waals surface area contributed by atoms with Crippen LogP contribution in [0.3, 0.4) is 0 Å². The number of rotatable bonds is 3. The van der Waals surface area contributed by atoms with Crippen molar-refractivity contribution in [1.82, 2.24) is 4.90 Å². The Morgan fingerprint density at radius 1 is 1.26 bits per heavy atom. The van der Waals surface area contributed by atoms with E-state index in [2.05, 4.69) is 55.8 Å². The van der Waals surface area contributed by atoms with Crippen LogP contribution in [0.2, 0.25) is 0 Å². The maximum absolute atomic E-state index is 5.65. The molecule has 106 valence electrons. The third-order valence-electron chi connectivity index (χ3n) is 4.42. The Labute approximate surface area is 117 Å². The Morgan fingerprint density at radius 3 is 2.58 bits per heavy atom. The lowest BCUT2D eigenvalue weighted by Crippen LogP contribution is -2.57. The largest absolute Gasteiger partial charge is 0.368 e. The maximum Gasteiger partial charge on any atom is 0.0370 e. The van der Waals surface area contributed by atoms with Crippen LogP contribution in [-0.2, 0) is 6.42 Å². The minimum absolute atomic E-state index is 0.238. The quantitative estimate of drug-likeness (QED) is 0.903. The Bertz CT molecular complexity index is 440. The molecule has 0 saturated carbocycles. The number of aryl methyl sites for hydroxylation is 1. The predicted octanol–water partition coefficient (Wildman–Crippen LogP) is 2.03. The third-order valence-corrected chi connectivity index (χ3v) is 4.42. The van der Waals surface area contributed by atoms with Crippen molar-refractivity contribution in [2.24, 2.45) is 5.73 Å². The summed E-state index contributed by atoms with van der Waals surface area (Å²) in [5.41, 5.74) is 9.97. The normalized spacial score (nSPS) is 19.7. The lowest BCUT2D eigenvalue weighted by molar-refractivity contribution is 0.139. The first-order valence-corrected chi connectivity index (χ1v) is 7.20. The average Bonchev–Trinajstić information content (AvgIpc) is 2.35. The van der Waals surface area contributed by atoms with E-state index in [9.17, 15) is 0 Å². The molecule has 0 atom stereocenters. The SMILES string of the molecule is Cc1cc(N2CCN(C)C(C)(C)C2)ccc1CCN. The van der Waals surface area contributed by atoms with Gasteiger partial charge >= 0.3 is 0 Å². The van der Waals surface area contributed by atoms with Crippen molar-refractivity contribution in [3.63, 3.8) is 0 Å². The van der Waals surface area contributed by atoms with Crippen LogP contribution in [0.5, 0.6) is 0 Å². The fourth-order valence-electron chi connectivity index (χ4n) is 2.77. The van der Waals surface area contributed by atoms with Crippen LogP contribution in [0.4, 0.5) is 5.69 Å². The second kappa shape index (κ2) is 5.51. The van der Waals surface area contributed by atoms with E-state index in [0.717, 1.165) is 32.6 Å². The summed E-state index contributed by atoms with van der Waals surface area (Å²) < 4.78 is 0. The number of piperazine rings is 1. The zero-order chi connectivity index (χ0) is 14.0. The van der Waals surface area contributed by atoms with Gasteiger partial charge in [0.15, 0.2) is 0 Å². The Kier molecular flexibility index (Phi) is 4.16. The minimum atomic E-state index is 0.238. The zero-order valence-electron chi connectivity index (χ0n) is 12.7. The molecule has 1 fully saturated rings. The van der Waals surface area contributed by atoms with Crippen molar-refractivity contribution in [3.05, 3.63) is 29.3 Å². The van der Waals surface area contributed by atoms with E-state index in [-0.39, 0.29) is 5.54 Å². The third kappa shape index (κ3) is 3.10. The van der Waals surface area contributed by atoms with Crippen molar-refractivity contribution in [2.45, 2.75) is 32.7 Å². The van der Waals surface area contributed by atoms with Crippen molar-refractivity contribution in [3.8, 4) is 0 Å². The lowest BCUT2D eigenvalue weighted by Gasteiger charge is -2.46. The highest BCUT2D eigenvalue weighted by atomic mass is 15.3. The summed E-state index contributed by atoms with van der Waals surface area (Å²) in [7, 11) is 2.22. The summed E-state index contributed by atoms with van der Waals surface area (Å²) in [6, 6.07) is 6.80. The molecule has 1 heterocycles. The van der Waals surface area contributed by atoms with E-state index in [4.69, 9.17) is 5.73 Å². The zero-order valence-corrected chi connectivity index (χ0v) is 12.7. The number of hydrogen-bond donors (Lipinski definition) is 1. The van der Waals surface area contributed by atoms with E-state index in [1.54, 1.807) is 0 Å². The highest BCUT2D eigenvalue weighted by molar-refractivity contribution is 5.51. The summed E-state index contributed by atoms with van der Waals surface area (Å²) in [5, 5.41) is 0. The van der Waals surface area contributed by atoms with Gasteiger partial charge in [-0.2, -0.15) is 0 Å². The molecule has 0 bridgehead atoms. The van der Waals surface area contributed by atoms with Gasteiger partial charge in [0.1, 0.15) is 0 Å². The van der Waals surface area contributed by atoms with Gasteiger partial charge in [-0.3, -0.25) is 4.90 Å². The summed E-state index contributed by atoms with van der Waals surface area (Å²) in [4.78, 5) is 4.94. The molecule has 1 aliphatic heterocycles. The molecule has 1 aromatic rings. The van der Waals surface area contributed by atoms with Gasteiger partial charge in [0.05, 0.1) is 0 Å². The van der Waals surface area contributed by atoms with Gasteiger partial charge in [0.25, 0.3) is 0 Å². The fraction of sp³-hybridized carbons (Fsp3) is 0.625. The van der Waals surface area contributed by atoms with E-state index in [1.807, 2.05) is 0 Å². The molecule has 3 heteroatoms. The molecule has 2 N–H and O–H groups in total. The molecule has 0 amide bonds. The van der Waals surface area contributed by atoms with Crippen molar-refractivity contribution in [1.29, 1.82) is 0 Å². The topological polar surface area (TPSA) is 32.5 Å². The standard InChI is InChI=1S/C16H27N3/c1-13-11-15(6-5-14(13)7-8-17)19-10-9-18(4)16(2,3)12-19/h5-6,11H,7-10,12,17H2,1-4H3. The van der Waals surface area contributed by atoms with E-state index >= 15 is 0 Å². The van der Waals surface area contributed by atoms with Gasteiger partial charge in [-0.1, -0.05) is 6.07 Å². The molecule has 0 aliphatic carbocycles. The van der Waals surface area contributed by atoms with Crippen molar-refractivity contribution >= 4 is 5.69 Å². The molecule has 19 heavy (non-hydrogen) atoms. The van der Waals surface area contributed by atoms with Crippen molar-refractivity contribution < 1.29 is 0 Å². The molecule has 1 aromatic carbocycles. The molecule has 2 rings (SSSR count). The second-order valence-electron chi connectivity index (χ2n) is 6.31. The maximum atomic E-state index is 5.65. The van der Waals surface area contributed by atoms with E-state index in [1.165, 1.54) is 16.8 Å². The minimum Gasteiger partial charge on any atom is -0.368 e. The summed E-state index contributed by atoms with van der Waals surface area (Å²) in [6.45, 7) is 10.9. The van der Waals surface area contributed by atoms with Crippen LogP contribution in [0, 0.1) is 6.92 Å². The molecule has 3 nitrogen and oxygen atoms in total. The van der Waals surface area contributed by atoms with Gasteiger partial charge in [-0.05, 0) is 64.0 Å². The monoisotopic (exact) mass is 261 g/mol. The van der Waals surface area contributed by atoms with Crippen LogP contribution < -0.4 is 10.6 Å². The molecule has 0 unspecified atom stereocenters. The number of likely N-dealkylation sites (N-methyl/N-ethyl adjacent to an activating group) is 1. The Hall–Kier alpha value is -1.06. The first kappa shape index (κ1) is 14.4. The van der Waals surface area contributed by atoms with Gasteiger partial charge in [0, 0.05) is 30.9 Å². The highest BCUT2D eigenvalue weighted by Gasteiger charge is 2.31. The second-order valence-corrected chi connectivity index (χ2v) is 6.31. The number of hydrogen-bond acceptors (Lipinski definition) is 3. The van der Waals surface area contributed by atoms with Crippen LogP contribution in [-0.4, -0.2) is 43.7 Å². The number of nitrogens with zero attached hydrogens (tertiary/aromatic N) is 2. The molecule has 0 spiro atoms. The molecule has 1 saturated heterocycles. The van der Waals surface area contributed by atoms with Gasteiger partial charge in [-0.15, -0.1) is 0 Å². The first-order chi connectivity index (χ1) is 8.94. The molecular weight excluding hydrogens is 234 g/mol. The van der Waals surface area contributed by atoms with Crippen LogP contribution >= 0.6 is 0 Å². The van der Waals surface area contributed by atoms with E-state index in [0.29, 0.717) is 0 Å². The summed E-state index contributed by atoms with van der Waals surface area (Å²) >= 11 is 0. The molecular formula is C16H27N3. The van der Waals surface area contributed by atoms with Gasteiger partial charge in [0.2, 0.25) is 0 Å². The van der Waals surface area contributed by atoms with Crippen molar-refractivity contribution in [2.75, 3.05) is 38.1 Å².